The zero-order valence-electron chi connectivity index (χ0n) is 12.3. The van der Waals surface area contributed by atoms with Crippen LogP contribution >= 0.6 is 0 Å². The second-order valence-corrected chi connectivity index (χ2v) is 5.52. The lowest BCUT2D eigenvalue weighted by atomic mass is 10.0. The molecule has 7 heteroatoms. The van der Waals surface area contributed by atoms with Gasteiger partial charge in [0.2, 0.25) is 17.7 Å². The number of imide groups is 1. The first kappa shape index (κ1) is 13.7. The van der Waals surface area contributed by atoms with E-state index in [1.54, 1.807) is 12.1 Å². The highest BCUT2D eigenvalue weighted by Gasteiger charge is 2.41. The van der Waals surface area contributed by atoms with Crippen molar-refractivity contribution in [2.24, 2.45) is 0 Å². The summed E-state index contributed by atoms with van der Waals surface area (Å²) in [6.07, 6.45) is 2.00. The minimum Gasteiger partial charge on any atom is -0.481 e. The summed E-state index contributed by atoms with van der Waals surface area (Å²) in [7, 11) is 1.52. The van der Waals surface area contributed by atoms with Crippen molar-refractivity contribution >= 4 is 34.2 Å². The van der Waals surface area contributed by atoms with Crippen molar-refractivity contribution in [1.29, 1.82) is 0 Å². The summed E-state index contributed by atoms with van der Waals surface area (Å²) in [6, 6.07) is 4.72. The average molecular weight is 311 g/mol. The number of amides is 3. The third kappa shape index (κ3) is 1.82. The highest BCUT2D eigenvalue weighted by Crippen LogP contribution is 2.41. The molecule has 1 saturated heterocycles. The van der Waals surface area contributed by atoms with Crippen LogP contribution in [0.25, 0.3) is 10.8 Å². The molecule has 1 unspecified atom stereocenters. The molecule has 4 rings (SSSR count). The topological polar surface area (TPSA) is 88.6 Å². The van der Waals surface area contributed by atoms with Gasteiger partial charge in [0, 0.05) is 23.4 Å². The molecule has 2 aliphatic heterocycles. The SMILES string of the molecule is COc1ncc2c3c(cccc13)N(C1CCC(=O)NC1=O)C2=O. The van der Waals surface area contributed by atoms with E-state index in [1.165, 1.54) is 18.2 Å². The van der Waals surface area contributed by atoms with Crippen LogP contribution in [-0.4, -0.2) is 35.9 Å². The molecule has 2 aliphatic rings. The number of anilines is 1. The molecule has 1 fully saturated rings. The fraction of sp³-hybridized carbons (Fsp3) is 0.250. The normalized spacial score (nSPS) is 20.1. The standard InChI is InChI=1S/C16H13N3O4/c1-23-15-8-3-2-4-10-13(8)9(7-17-15)16(22)19(10)11-5-6-12(20)18-14(11)21/h2-4,7,11H,5-6H2,1H3,(H,18,20,21). The summed E-state index contributed by atoms with van der Waals surface area (Å²) in [4.78, 5) is 41.9. The lowest BCUT2D eigenvalue weighted by molar-refractivity contribution is -0.134. The Morgan fingerprint density at radius 3 is 2.87 bits per heavy atom. The number of aromatic nitrogens is 1. The maximum atomic E-state index is 12.8. The molecule has 0 bridgehead atoms. The number of benzene rings is 1. The molecular formula is C16H13N3O4. The van der Waals surface area contributed by atoms with Crippen LogP contribution in [0, 0.1) is 0 Å². The molecule has 7 nitrogen and oxygen atoms in total. The number of ether oxygens (including phenoxy) is 1. The van der Waals surface area contributed by atoms with Gasteiger partial charge in [0.05, 0.1) is 18.4 Å². The van der Waals surface area contributed by atoms with Crippen LogP contribution in [0.2, 0.25) is 0 Å². The van der Waals surface area contributed by atoms with Crippen LogP contribution in [0.5, 0.6) is 5.88 Å². The second kappa shape index (κ2) is 4.77. The summed E-state index contributed by atoms with van der Waals surface area (Å²) in [6.45, 7) is 0. The van der Waals surface area contributed by atoms with Crippen molar-refractivity contribution in [3.05, 3.63) is 30.0 Å². The Labute approximate surface area is 131 Å². The number of hydrogen-bond donors (Lipinski definition) is 1. The van der Waals surface area contributed by atoms with Crippen LogP contribution in [0.1, 0.15) is 23.2 Å². The van der Waals surface area contributed by atoms with Gasteiger partial charge < -0.3 is 4.74 Å². The van der Waals surface area contributed by atoms with Crippen LogP contribution in [0.3, 0.4) is 0 Å². The summed E-state index contributed by atoms with van der Waals surface area (Å²) in [5.41, 5.74) is 1.10. The molecule has 0 saturated carbocycles. The van der Waals surface area contributed by atoms with Crippen LogP contribution in [0.4, 0.5) is 5.69 Å². The van der Waals surface area contributed by atoms with Crippen molar-refractivity contribution in [3.8, 4) is 5.88 Å². The number of carbonyl (C=O) groups excluding carboxylic acids is 3. The third-order valence-corrected chi connectivity index (χ3v) is 4.28. The Morgan fingerprint density at radius 2 is 2.13 bits per heavy atom. The first-order valence-corrected chi connectivity index (χ1v) is 7.25. The van der Waals surface area contributed by atoms with Gasteiger partial charge in [-0.3, -0.25) is 24.6 Å². The lowest BCUT2D eigenvalue weighted by Crippen LogP contribution is -2.53. The maximum Gasteiger partial charge on any atom is 0.261 e. The number of rotatable bonds is 2. The van der Waals surface area contributed by atoms with E-state index in [-0.39, 0.29) is 18.2 Å². The lowest BCUT2D eigenvalue weighted by Gasteiger charge is -2.30. The second-order valence-electron chi connectivity index (χ2n) is 5.52. The van der Waals surface area contributed by atoms with Gasteiger partial charge in [-0.1, -0.05) is 6.07 Å². The van der Waals surface area contributed by atoms with Gasteiger partial charge >= 0.3 is 0 Å². The summed E-state index contributed by atoms with van der Waals surface area (Å²) < 4.78 is 5.25. The van der Waals surface area contributed by atoms with E-state index in [0.717, 1.165) is 10.8 Å². The largest absolute Gasteiger partial charge is 0.481 e. The van der Waals surface area contributed by atoms with Crippen LogP contribution in [-0.2, 0) is 9.59 Å². The Kier molecular flexibility index (Phi) is 2.84. The molecule has 1 aromatic heterocycles. The van der Waals surface area contributed by atoms with E-state index < -0.39 is 11.9 Å². The van der Waals surface area contributed by atoms with Crippen LogP contribution < -0.4 is 15.0 Å². The first-order valence-electron chi connectivity index (χ1n) is 7.25. The number of nitrogens with one attached hydrogen (secondary N) is 1. The van der Waals surface area contributed by atoms with Crippen molar-refractivity contribution in [2.75, 3.05) is 12.0 Å². The zero-order chi connectivity index (χ0) is 16.1. The number of piperidine rings is 1. The Bertz CT molecular complexity index is 877. The monoisotopic (exact) mass is 311 g/mol. The van der Waals surface area contributed by atoms with Crippen LogP contribution in [0.15, 0.2) is 24.4 Å². The molecular weight excluding hydrogens is 298 g/mol. The summed E-state index contributed by atoms with van der Waals surface area (Å²) >= 11 is 0. The molecule has 116 valence electrons. The third-order valence-electron chi connectivity index (χ3n) is 4.28. The van der Waals surface area contributed by atoms with Gasteiger partial charge in [-0.05, 0) is 18.6 Å². The molecule has 0 radical (unpaired) electrons. The quantitative estimate of drug-likeness (QED) is 0.836. The van der Waals surface area contributed by atoms with E-state index in [2.05, 4.69) is 10.3 Å². The van der Waals surface area contributed by atoms with Gasteiger partial charge in [-0.2, -0.15) is 0 Å². The molecule has 1 N–H and O–H groups in total. The fourth-order valence-corrected chi connectivity index (χ4v) is 3.26. The van der Waals surface area contributed by atoms with Gasteiger partial charge in [-0.15, -0.1) is 0 Å². The van der Waals surface area contributed by atoms with Crippen molar-refractivity contribution in [3.63, 3.8) is 0 Å². The van der Waals surface area contributed by atoms with Gasteiger partial charge in [0.25, 0.3) is 5.91 Å². The van der Waals surface area contributed by atoms with Gasteiger partial charge in [0.1, 0.15) is 6.04 Å². The van der Waals surface area contributed by atoms with E-state index in [0.29, 0.717) is 23.6 Å². The molecule has 3 heterocycles. The predicted octanol–water partition coefficient (Wildman–Crippen LogP) is 1.01. The molecule has 0 spiro atoms. The fourth-order valence-electron chi connectivity index (χ4n) is 3.26. The first-order chi connectivity index (χ1) is 11.1. The van der Waals surface area contributed by atoms with E-state index in [4.69, 9.17) is 4.74 Å². The van der Waals surface area contributed by atoms with Crippen molar-refractivity contribution in [2.45, 2.75) is 18.9 Å². The highest BCUT2D eigenvalue weighted by atomic mass is 16.5. The Hall–Kier alpha value is -2.96. The molecule has 1 atom stereocenters. The number of hydrogen-bond acceptors (Lipinski definition) is 5. The molecule has 3 amide bonds. The predicted molar refractivity (Wildman–Crippen MR) is 81.3 cm³/mol. The highest BCUT2D eigenvalue weighted by molar-refractivity contribution is 6.27. The molecule has 2 aromatic rings. The smallest absolute Gasteiger partial charge is 0.261 e. The minimum atomic E-state index is -0.691. The van der Waals surface area contributed by atoms with E-state index in [9.17, 15) is 14.4 Å². The zero-order valence-corrected chi connectivity index (χ0v) is 12.3. The molecule has 23 heavy (non-hydrogen) atoms. The number of carbonyl (C=O) groups is 3. The van der Waals surface area contributed by atoms with E-state index in [1.807, 2.05) is 6.07 Å². The number of methoxy groups -OCH3 is 1. The minimum absolute atomic E-state index is 0.216. The van der Waals surface area contributed by atoms with Gasteiger partial charge in [0.15, 0.2) is 0 Å². The number of nitrogens with zero attached hydrogens (tertiary/aromatic N) is 2. The number of pyridine rings is 1. The van der Waals surface area contributed by atoms with Crippen molar-refractivity contribution in [1.82, 2.24) is 10.3 Å². The molecule has 0 aliphatic carbocycles. The van der Waals surface area contributed by atoms with Crippen molar-refractivity contribution < 1.29 is 19.1 Å². The summed E-state index contributed by atoms with van der Waals surface area (Å²) in [5.74, 6) is -0.597. The summed E-state index contributed by atoms with van der Waals surface area (Å²) in [5, 5.41) is 3.75. The Morgan fingerprint density at radius 1 is 1.30 bits per heavy atom. The molecule has 1 aromatic carbocycles. The van der Waals surface area contributed by atoms with E-state index >= 15 is 0 Å². The Balaban J connectivity index is 1.88. The maximum absolute atomic E-state index is 12.8. The average Bonchev–Trinajstić information content (AvgIpc) is 2.83. The van der Waals surface area contributed by atoms with Gasteiger partial charge in [-0.25, -0.2) is 4.98 Å².